The Kier molecular flexibility index (Phi) is 7.75. The normalized spacial score (nSPS) is 12.8. The summed E-state index contributed by atoms with van der Waals surface area (Å²) in [4.78, 5) is 15.8. The maximum absolute atomic E-state index is 14.2. The number of ether oxygens (including phenoxy) is 4. The number of benzene rings is 1. The standard InChI is InChI=1S/C25H24ClN9O8S2/c1-32-11-20(29-13-32)44(36,37)35(45(38,39)21-12-33(2)14-30-21)24-22(16-4-5-18-19(8-16)43-15-42-18)23(31-34(24)3)40-6-7-41-25-27-9-17(26)10-28-25/h4-5,8-14H,6-7,15H2,1-3H3. The molecular weight excluding hydrogens is 654 g/mol. The number of hydrogen-bond acceptors (Lipinski definition) is 13. The number of aromatic nitrogens is 8. The Morgan fingerprint density at radius 1 is 0.867 bits per heavy atom. The summed E-state index contributed by atoms with van der Waals surface area (Å²) in [7, 11) is -5.33. The van der Waals surface area contributed by atoms with Crippen LogP contribution in [0.4, 0.5) is 5.82 Å². The first-order valence-corrected chi connectivity index (χ1v) is 16.2. The number of rotatable bonds is 11. The quantitative estimate of drug-likeness (QED) is 0.184. The average molecular weight is 678 g/mol. The second-order valence-electron chi connectivity index (χ2n) is 9.54. The van der Waals surface area contributed by atoms with Crippen LogP contribution in [0.2, 0.25) is 5.02 Å². The fourth-order valence-electron chi connectivity index (χ4n) is 4.32. The average Bonchev–Trinajstić information content (AvgIpc) is 3.80. The molecule has 1 aromatic carbocycles. The van der Waals surface area contributed by atoms with Crippen LogP contribution in [-0.4, -0.2) is 75.7 Å². The number of sulfonamides is 2. The largest absolute Gasteiger partial charge is 0.472 e. The van der Waals surface area contributed by atoms with Gasteiger partial charge in [-0.05, 0) is 17.7 Å². The topological polar surface area (TPSA) is 188 Å². The first-order chi connectivity index (χ1) is 21.4. The van der Waals surface area contributed by atoms with Gasteiger partial charge in [0.1, 0.15) is 13.2 Å². The van der Waals surface area contributed by atoms with Gasteiger partial charge in [0.25, 0.3) is 20.0 Å². The molecule has 0 radical (unpaired) electrons. The Balaban J connectivity index is 1.49. The molecule has 6 rings (SSSR count). The number of anilines is 1. The van der Waals surface area contributed by atoms with Crippen LogP contribution in [0.5, 0.6) is 23.4 Å². The predicted molar refractivity (Wildman–Crippen MR) is 156 cm³/mol. The van der Waals surface area contributed by atoms with Crippen molar-refractivity contribution in [2.24, 2.45) is 21.1 Å². The molecule has 1 aliphatic heterocycles. The highest BCUT2D eigenvalue weighted by molar-refractivity contribution is 8.10. The maximum atomic E-state index is 14.2. The van der Waals surface area contributed by atoms with Crippen molar-refractivity contribution in [1.29, 1.82) is 0 Å². The Morgan fingerprint density at radius 3 is 2.07 bits per heavy atom. The molecule has 0 saturated carbocycles. The Labute approximate surface area is 261 Å². The molecule has 17 nitrogen and oxygen atoms in total. The summed E-state index contributed by atoms with van der Waals surface area (Å²) in [6.45, 7) is -0.184. The lowest BCUT2D eigenvalue weighted by atomic mass is 10.1. The lowest BCUT2D eigenvalue weighted by molar-refractivity contribution is 0.174. The minimum atomic E-state index is -4.91. The predicted octanol–water partition coefficient (Wildman–Crippen LogP) is 1.77. The van der Waals surface area contributed by atoms with Gasteiger partial charge in [0.2, 0.25) is 12.7 Å². The highest BCUT2D eigenvalue weighted by Crippen LogP contribution is 2.45. The summed E-state index contributed by atoms with van der Waals surface area (Å²) in [5, 5.41) is 3.66. The maximum Gasteiger partial charge on any atom is 0.316 e. The molecule has 0 N–H and O–H groups in total. The van der Waals surface area contributed by atoms with E-state index in [9.17, 15) is 16.8 Å². The molecule has 0 amide bonds. The van der Waals surface area contributed by atoms with E-state index in [1.807, 2.05) is 0 Å². The third kappa shape index (κ3) is 5.71. The summed E-state index contributed by atoms with van der Waals surface area (Å²) in [5.41, 5.74) is 0.328. The molecule has 5 aromatic rings. The summed E-state index contributed by atoms with van der Waals surface area (Å²) in [6.07, 6.45) is 7.57. The molecule has 5 heterocycles. The van der Waals surface area contributed by atoms with Crippen LogP contribution in [0.15, 0.2) is 65.7 Å². The van der Waals surface area contributed by atoms with Crippen molar-refractivity contribution in [3.63, 3.8) is 0 Å². The molecule has 0 bridgehead atoms. The van der Waals surface area contributed by atoms with Crippen LogP contribution >= 0.6 is 11.6 Å². The molecule has 0 spiro atoms. The summed E-state index contributed by atoms with van der Waals surface area (Å²) in [6, 6.07) is 4.81. The number of imidazole rings is 2. The van der Waals surface area contributed by atoms with E-state index < -0.39 is 30.1 Å². The summed E-state index contributed by atoms with van der Waals surface area (Å²) < 4.78 is 83.3. The Hall–Kier alpha value is -4.88. The van der Waals surface area contributed by atoms with E-state index in [1.54, 1.807) is 32.3 Å². The van der Waals surface area contributed by atoms with Crippen LogP contribution in [0.3, 0.4) is 0 Å². The van der Waals surface area contributed by atoms with Crippen LogP contribution < -0.4 is 22.7 Å². The number of hydrogen-bond donors (Lipinski definition) is 0. The van der Waals surface area contributed by atoms with Crippen molar-refractivity contribution < 1.29 is 35.8 Å². The number of fused-ring (bicyclic) bond motifs is 1. The second kappa shape index (κ2) is 11.6. The van der Waals surface area contributed by atoms with E-state index in [1.165, 1.54) is 53.6 Å². The van der Waals surface area contributed by atoms with Gasteiger partial charge >= 0.3 is 6.01 Å². The highest BCUT2D eigenvalue weighted by Gasteiger charge is 2.44. The molecule has 45 heavy (non-hydrogen) atoms. The second-order valence-corrected chi connectivity index (χ2v) is 13.7. The van der Waals surface area contributed by atoms with Crippen molar-refractivity contribution >= 4 is 37.5 Å². The van der Waals surface area contributed by atoms with Gasteiger partial charge in [0.15, 0.2) is 27.4 Å². The molecule has 0 atom stereocenters. The zero-order valence-electron chi connectivity index (χ0n) is 23.8. The van der Waals surface area contributed by atoms with Crippen LogP contribution in [0.1, 0.15) is 0 Å². The summed E-state index contributed by atoms with van der Waals surface area (Å²) in [5.74, 6) is 0.317. The van der Waals surface area contributed by atoms with E-state index in [0.29, 0.717) is 22.1 Å². The lowest BCUT2D eigenvalue weighted by Gasteiger charge is -2.23. The van der Waals surface area contributed by atoms with Crippen molar-refractivity contribution in [1.82, 2.24) is 38.9 Å². The number of nitrogens with zero attached hydrogens (tertiary/aromatic N) is 9. The first kappa shape index (κ1) is 30.2. The van der Waals surface area contributed by atoms with Crippen LogP contribution in [0, 0.1) is 0 Å². The monoisotopic (exact) mass is 677 g/mol. The van der Waals surface area contributed by atoms with Crippen molar-refractivity contribution in [3.05, 3.63) is 60.7 Å². The van der Waals surface area contributed by atoms with E-state index in [4.69, 9.17) is 30.5 Å². The first-order valence-electron chi connectivity index (χ1n) is 12.9. The van der Waals surface area contributed by atoms with E-state index in [0.717, 1.165) is 4.68 Å². The molecule has 0 saturated heterocycles. The molecule has 0 fully saturated rings. The van der Waals surface area contributed by atoms with E-state index in [2.05, 4.69) is 25.0 Å². The third-order valence-electron chi connectivity index (χ3n) is 6.30. The van der Waals surface area contributed by atoms with Gasteiger partial charge in [-0.2, -0.15) is 16.8 Å². The molecule has 20 heteroatoms. The van der Waals surface area contributed by atoms with Gasteiger partial charge in [0.05, 0.1) is 35.6 Å². The zero-order chi connectivity index (χ0) is 31.9. The SMILES string of the molecule is Cn1cnc(S(=O)(=O)N(c2c(-c3ccc4c(c3)OCO4)c(OCCOc3ncc(Cl)cn3)nn2C)S(=O)(=O)c2cn(C)cn2)c1. The molecular formula is C25H24ClN9O8S2. The zero-order valence-corrected chi connectivity index (χ0v) is 26.2. The van der Waals surface area contributed by atoms with Gasteiger partial charge < -0.3 is 28.1 Å². The molecule has 0 aliphatic carbocycles. The third-order valence-corrected chi connectivity index (χ3v) is 10.4. The fourth-order valence-corrected chi connectivity index (χ4v) is 8.09. The highest BCUT2D eigenvalue weighted by atomic mass is 35.5. The molecule has 4 aromatic heterocycles. The van der Waals surface area contributed by atoms with Crippen LogP contribution in [0.25, 0.3) is 11.1 Å². The smallest absolute Gasteiger partial charge is 0.316 e. The van der Waals surface area contributed by atoms with E-state index in [-0.39, 0.29) is 47.0 Å². The molecule has 236 valence electrons. The Bertz CT molecular complexity index is 2020. The van der Waals surface area contributed by atoms with Gasteiger partial charge in [-0.1, -0.05) is 17.7 Å². The summed E-state index contributed by atoms with van der Waals surface area (Å²) >= 11 is 5.82. The number of aryl methyl sites for hydroxylation is 3. The van der Waals surface area contributed by atoms with Gasteiger partial charge in [-0.3, -0.25) is 0 Å². The van der Waals surface area contributed by atoms with Gasteiger partial charge in [-0.15, -0.1) is 8.81 Å². The minimum Gasteiger partial charge on any atom is -0.472 e. The lowest BCUT2D eigenvalue weighted by Crippen LogP contribution is -2.39. The van der Waals surface area contributed by atoms with Crippen molar-refractivity contribution in [2.75, 3.05) is 23.7 Å². The van der Waals surface area contributed by atoms with E-state index >= 15 is 0 Å². The van der Waals surface area contributed by atoms with Gasteiger partial charge in [0, 0.05) is 33.5 Å². The van der Waals surface area contributed by atoms with Crippen molar-refractivity contribution in [2.45, 2.75) is 10.1 Å². The van der Waals surface area contributed by atoms with Crippen molar-refractivity contribution in [3.8, 4) is 34.5 Å². The fraction of sp³-hybridized carbons (Fsp3) is 0.240. The number of halogens is 1. The van der Waals surface area contributed by atoms with Gasteiger partial charge in [-0.25, -0.2) is 24.6 Å². The molecule has 1 aliphatic rings. The Morgan fingerprint density at radius 2 is 1.47 bits per heavy atom. The molecule has 0 unspecified atom stereocenters. The minimum absolute atomic E-state index is 0.0116. The van der Waals surface area contributed by atoms with Crippen LogP contribution in [-0.2, 0) is 41.2 Å².